The van der Waals surface area contributed by atoms with Crippen LogP contribution in [0, 0.1) is 5.21 Å². The molecule has 1 aliphatic heterocycles. The average molecular weight is 366 g/mol. The standard InChI is InChI=1S/C16H18N2O4S2/c19-18-7-2-1-6-16(18)23-13-14-4-3-5-15(12-14)24(20,21)17-8-10-22-11-9-17/h1-7,12H,8-11,13H2. The number of thioether (sulfide) groups is 1. The number of hydrogen-bond acceptors (Lipinski definition) is 5. The lowest BCUT2D eigenvalue weighted by atomic mass is 10.2. The first-order valence-electron chi connectivity index (χ1n) is 7.55. The molecule has 24 heavy (non-hydrogen) atoms. The molecule has 1 saturated heterocycles. The van der Waals surface area contributed by atoms with Gasteiger partial charge in [-0.1, -0.05) is 23.9 Å². The number of benzene rings is 1. The number of hydrogen-bond donors (Lipinski definition) is 0. The third-order valence-electron chi connectivity index (χ3n) is 3.68. The van der Waals surface area contributed by atoms with Crippen LogP contribution in [0.25, 0.3) is 0 Å². The summed E-state index contributed by atoms with van der Waals surface area (Å²) in [6.07, 6.45) is 1.45. The van der Waals surface area contributed by atoms with Crippen molar-refractivity contribution in [3.63, 3.8) is 0 Å². The lowest BCUT2D eigenvalue weighted by molar-refractivity contribution is -0.645. The predicted molar refractivity (Wildman–Crippen MR) is 91.0 cm³/mol. The van der Waals surface area contributed by atoms with Crippen LogP contribution in [0.3, 0.4) is 0 Å². The van der Waals surface area contributed by atoms with Crippen molar-refractivity contribution in [1.29, 1.82) is 0 Å². The molecule has 6 nitrogen and oxygen atoms in total. The lowest BCUT2D eigenvalue weighted by Crippen LogP contribution is -2.40. The number of aromatic nitrogens is 1. The summed E-state index contributed by atoms with van der Waals surface area (Å²) >= 11 is 1.38. The monoisotopic (exact) mass is 366 g/mol. The molecule has 0 N–H and O–H groups in total. The molecule has 1 aliphatic rings. The van der Waals surface area contributed by atoms with Gasteiger partial charge in [-0.3, -0.25) is 0 Å². The molecule has 0 unspecified atom stereocenters. The Bertz CT molecular complexity index is 805. The van der Waals surface area contributed by atoms with Crippen LogP contribution in [0.2, 0.25) is 0 Å². The third-order valence-corrected chi connectivity index (χ3v) is 6.67. The van der Waals surface area contributed by atoms with E-state index in [9.17, 15) is 13.6 Å². The van der Waals surface area contributed by atoms with Crippen LogP contribution in [0.1, 0.15) is 5.56 Å². The van der Waals surface area contributed by atoms with Gasteiger partial charge in [0.05, 0.1) is 18.1 Å². The fourth-order valence-corrected chi connectivity index (χ4v) is 4.75. The van der Waals surface area contributed by atoms with Gasteiger partial charge in [0.15, 0.2) is 6.20 Å². The van der Waals surface area contributed by atoms with Gasteiger partial charge in [-0.2, -0.15) is 9.04 Å². The number of pyridine rings is 1. The van der Waals surface area contributed by atoms with Gasteiger partial charge < -0.3 is 9.94 Å². The maximum Gasteiger partial charge on any atom is 0.251 e. The highest BCUT2D eigenvalue weighted by atomic mass is 32.2. The maximum absolute atomic E-state index is 12.7. The van der Waals surface area contributed by atoms with E-state index in [2.05, 4.69) is 0 Å². The molecule has 0 atom stereocenters. The SMILES string of the molecule is O=S(=O)(c1cccc(CSc2cccc[n+]2[O-])c1)N1CCOCC1. The van der Waals surface area contributed by atoms with E-state index in [1.807, 2.05) is 6.07 Å². The van der Waals surface area contributed by atoms with Crippen LogP contribution in [0.15, 0.2) is 58.6 Å². The van der Waals surface area contributed by atoms with Gasteiger partial charge in [-0.05, 0) is 23.8 Å². The van der Waals surface area contributed by atoms with E-state index < -0.39 is 10.0 Å². The molecular weight excluding hydrogens is 348 g/mol. The Morgan fingerprint density at radius 2 is 1.96 bits per heavy atom. The number of sulfonamides is 1. The number of rotatable bonds is 5. The van der Waals surface area contributed by atoms with Gasteiger partial charge in [0.1, 0.15) is 0 Å². The molecule has 1 aromatic carbocycles. The molecule has 2 heterocycles. The van der Waals surface area contributed by atoms with E-state index in [1.54, 1.807) is 36.4 Å². The molecular formula is C16H18N2O4S2. The van der Waals surface area contributed by atoms with E-state index in [-0.39, 0.29) is 4.90 Å². The second kappa shape index (κ2) is 7.52. The fraction of sp³-hybridized carbons (Fsp3) is 0.312. The van der Waals surface area contributed by atoms with E-state index in [4.69, 9.17) is 4.74 Å². The second-order valence-corrected chi connectivity index (χ2v) is 8.25. The molecule has 8 heteroatoms. The first kappa shape index (κ1) is 17.2. The van der Waals surface area contributed by atoms with Gasteiger partial charge in [0, 0.05) is 31.0 Å². The highest BCUT2D eigenvalue weighted by molar-refractivity contribution is 7.98. The molecule has 1 aromatic heterocycles. The normalized spacial score (nSPS) is 16.2. The predicted octanol–water partition coefficient (Wildman–Crippen LogP) is 1.63. The fourth-order valence-electron chi connectivity index (χ4n) is 2.41. The van der Waals surface area contributed by atoms with Crippen molar-refractivity contribution in [2.24, 2.45) is 0 Å². The molecule has 3 rings (SSSR count). The highest BCUT2D eigenvalue weighted by Gasteiger charge is 2.26. The molecule has 128 valence electrons. The smallest absolute Gasteiger partial charge is 0.251 e. The van der Waals surface area contributed by atoms with Crippen LogP contribution in [-0.2, 0) is 20.5 Å². The van der Waals surface area contributed by atoms with Gasteiger partial charge in [0.25, 0.3) is 5.03 Å². The van der Waals surface area contributed by atoms with Gasteiger partial charge in [-0.25, -0.2) is 8.42 Å². The van der Waals surface area contributed by atoms with Crippen molar-refractivity contribution in [2.45, 2.75) is 15.7 Å². The summed E-state index contributed by atoms with van der Waals surface area (Å²) in [7, 11) is -3.50. The minimum absolute atomic E-state index is 0.283. The first-order chi connectivity index (χ1) is 11.6. The lowest BCUT2D eigenvalue weighted by Gasteiger charge is -2.26. The third kappa shape index (κ3) is 3.89. The van der Waals surface area contributed by atoms with Crippen LogP contribution in [-0.4, -0.2) is 39.0 Å². The van der Waals surface area contributed by atoms with Gasteiger partial charge in [0.2, 0.25) is 10.0 Å². The number of ether oxygens (including phenoxy) is 1. The topological polar surface area (TPSA) is 73.5 Å². The molecule has 0 radical (unpaired) electrons. The molecule has 0 amide bonds. The highest BCUT2D eigenvalue weighted by Crippen LogP contribution is 2.23. The molecule has 0 aliphatic carbocycles. The van der Waals surface area contributed by atoms with Crippen molar-refractivity contribution in [2.75, 3.05) is 26.3 Å². The Morgan fingerprint density at radius 3 is 2.71 bits per heavy atom. The summed E-state index contributed by atoms with van der Waals surface area (Å²) in [4.78, 5) is 0.283. The van der Waals surface area contributed by atoms with Crippen molar-refractivity contribution in [3.8, 4) is 0 Å². The summed E-state index contributed by atoms with van der Waals surface area (Å²) in [5.41, 5.74) is 0.859. The summed E-state index contributed by atoms with van der Waals surface area (Å²) in [6.45, 7) is 1.60. The van der Waals surface area contributed by atoms with Crippen molar-refractivity contribution in [3.05, 3.63) is 59.4 Å². The van der Waals surface area contributed by atoms with E-state index in [0.29, 0.717) is 37.1 Å². The van der Waals surface area contributed by atoms with E-state index in [0.717, 1.165) is 10.3 Å². The van der Waals surface area contributed by atoms with Crippen LogP contribution in [0.4, 0.5) is 0 Å². The maximum atomic E-state index is 12.7. The van der Waals surface area contributed by atoms with E-state index >= 15 is 0 Å². The van der Waals surface area contributed by atoms with Crippen LogP contribution >= 0.6 is 11.8 Å². The van der Waals surface area contributed by atoms with Gasteiger partial charge in [-0.15, -0.1) is 0 Å². The van der Waals surface area contributed by atoms with Crippen molar-refractivity contribution >= 4 is 21.8 Å². The zero-order valence-electron chi connectivity index (χ0n) is 13.0. The molecule has 0 spiro atoms. The Kier molecular flexibility index (Phi) is 5.40. The molecule has 1 fully saturated rings. The van der Waals surface area contributed by atoms with Crippen molar-refractivity contribution < 1.29 is 17.9 Å². The minimum Gasteiger partial charge on any atom is -0.618 e. The molecule has 0 bridgehead atoms. The van der Waals surface area contributed by atoms with Crippen LogP contribution < -0.4 is 4.73 Å². The zero-order chi connectivity index (χ0) is 17.0. The Morgan fingerprint density at radius 1 is 1.17 bits per heavy atom. The largest absolute Gasteiger partial charge is 0.618 e. The molecule has 0 saturated carbocycles. The van der Waals surface area contributed by atoms with Crippen LogP contribution in [0.5, 0.6) is 0 Å². The van der Waals surface area contributed by atoms with E-state index in [1.165, 1.54) is 22.3 Å². The Balaban J connectivity index is 1.75. The second-order valence-electron chi connectivity index (χ2n) is 5.32. The summed E-state index contributed by atoms with van der Waals surface area (Å²) in [5.74, 6) is 0.527. The zero-order valence-corrected chi connectivity index (χ0v) is 14.6. The Labute approximate surface area is 145 Å². The summed E-state index contributed by atoms with van der Waals surface area (Å²) in [5, 5.41) is 12.2. The summed E-state index contributed by atoms with van der Waals surface area (Å²) in [6, 6.07) is 12.1. The van der Waals surface area contributed by atoms with Crippen molar-refractivity contribution in [1.82, 2.24) is 4.31 Å². The number of morpholine rings is 1. The average Bonchev–Trinajstić information content (AvgIpc) is 2.62. The Hall–Kier alpha value is -1.61. The first-order valence-corrected chi connectivity index (χ1v) is 9.98. The quantitative estimate of drug-likeness (QED) is 0.457. The summed E-state index contributed by atoms with van der Waals surface area (Å²) < 4.78 is 32.8. The molecule has 2 aromatic rings. The van der Waals surface area contributed by atoms with Gasteiger partial charge >= 0.3 is 0 Å². The number of nitrogens with zero attached hydrogens (tertiary/aromatic N) is 2. The minimum atomic E-state index is -3.50.